The van der Waals surface area contributed by atoms with Gasteiger partial charge in [-0.3, -0.25) is 14.9 Å². The van der Waals surface area contributed by atoms with Gasteiger partial charge in [-0.2, -0.15) is 5.10 Å². The minimum Gasteiger partial charge on any atom is -0.395 e. The number of hydrogen-bond donors (Lipinski definition) is 1. The number of aromatic nitrogens is 2. The number of carbonyl (C=O) groups is 1. The Hall–Kier alpha value is -3.49. The molecule has 1 aromatic carbocycles. The maximum atomic E-state index is 13.1. The van der Waals surface area contributed by atoms with Crippen LogP contribution in [0.1, 0.15) is 34.8 Å². The molecule has 0 radical (unpaired) electrons. The van der Waals surface area contributed by atoms with Gasteiger partial charge in [-0.1, -0.05) is 0 Å². The molecule has 2 heterocycles. The first kappa shape index (κ1) is 17.3. The lowest BCUT2D eigenvalue weighted by Crippen LogP contribution is -2.26. The van der Waals surface area contributed by atoms with Gasteiger partial charge < -0.3 is 9.73 Å². The van der Waals surface area contributed by atoms with Crippen LogP contribution in [-0.4, -0.2) is 20.6 Å². The molecule has 1 atom stereocenters. The van der Waals surface area contributed by atoms with E-state index < -0.39 is 22.8 Å². The second kappa shape index (κ2) is 6.79. The van der Waals surface area contributed by atoms with Gasteiger partial charge >= 0.3 is 5.88 Å². The van der Waals surface area contributed by atoms with Crippen molar-refractivity contribution in [3.63, 3.8) is 0 Å². The molecule has 1 N–H and O–H groups in total. The maximum absolute atomic E-state index is 13.1. The van der Waals surface area contributed by atoms with E-state index in [1.165, 1.54) is 18.2 Å². The van der Waals surface area contributed by atoms with Gasteiger partial charge in [0, 0.05) is 11.3 Å². The number of nitrogens with zero attached hydrogens (tertiary/aromatic N) is 3. The van der Waals surface area contributed by atoms with Crippen LogP contribution in [-0.2, 0) is 0 Å². The van der Waals surface area contributed by atoms with E-state index in [-0.39, 0.29) is 11.6 Å². The SMILES string of the molecule is Cc1c(C(C)NC(=O)c2ccc([N+](=O)[O-])o2)cnn1-c1ccc(F)cc1. The van der Waals surface area contributed by atoms with Crippen molar-refractivity contribution in [1.82, 2.24) is 15.1 Å². The van der Waals surface area contributed by atoms with E-state index >= 15 is 0 Å². The average Bonchev–Trinajstić information content (AvgIpc) is 3.23. The van der Waals surface area contributed by atoms with Crippen LogP contribution in [0.2, 0.25) is 0 Å². The Balaban J connectivity index is 1.77. The molecule has 0 bridgehead atoms. The van der Waals surface area contributed by atoms with Crippen molar-refractivity contribution in [3.8, 4) is 5.69 Å². The topological polar surface area (TPSA) is 103 Å². The Bertz CT molecular complexity index is 962. The highest BCUT2D eigenvalue weighted by molar-refractivity contribution is 5.92. The molecule has 0 saturated carbocycles. The van der Waals surface area contributed by atoms with Gasteiger partial charge in [0.15, 0.2) is 5.76 Å². The van der Waals surface area contributed by atoms with Crippen molar-refractivity contribution in [1.29, 1.82) is 0 Å². The van der Waals surface area contributed by atoms with Gasteiger partial charge in [-0.25, -0.2) is 9.07 Å². The van der Waals surface area contributed by atoms with Crippen LogP contribution in [0.15, 0.2) is 47.0 Å². The van der Waals surface area contributed by atoms with Crippen molar-refractivity contribution in [3.05, 3.63) is 75.5 Å². The van der Waals surface area contributed by atoms with Gasteiger partial charge in [-0.05, 0) is 44.2 Å². The normalized spacial score (nSPS) is 12.0. The van der Waals surface area contributed by atoms with Crippen LogP contribution >= 0.6 is 0 Å². The first-order valence-electron chi connectivity index (χ1n) is 7.72. The number of nitro groups is 1. The average molecular weight is 358 g/mol. The van der Waals surface area contributed by atoms with Gasteiger partial charge in [0.05, 0.1) is 24.0 Å². The molecule has 0 aliphatic heterocycles. The molecule has 0 fully saturated rings. The Morgan fingerprint density at radius 1 is 1.31 bits per heavy atom. The van der Waals surface area contributed by atoms with Crippen LogP contribution in [0.25, 0.3) is 5.69 Å². The zero-order valence-corrected chi connectivity index (χ0v) is 14.0. The molecule has 1 amide bonds. The molecule has 8 nitrogen and oxygen atoms in total. The second-order valence-corrected chi connectivity index (χ2v) is 5.66. The standard InChI is InChI=1S/C17H15FN4O4/c1-10(20-17(23)15-7-8-16(26-15)22(24)25)14-9-19-21(11(14)2)13-5-3-12(18)4-6-13/h3-10H,1-2H3,(H,20,23). The van der Waals surface area contributed by atoms with Crippen molar-refractivity contribution in [2.75, 3.05) is 0 Å². The van der Waals surface area contributed by atoms with Crippen molar-refractivity contribution in [2.45, 2.75) is 19.9 Å². The summed E-state index contributed by atoms with van der Waals surface area (Å²) in [5.41, 5.74) is 2.22. The van der Waals surface area contributed by atoms with Crippen LogP contribution < -0.4 is 5.32 Å². The molecule has 1 unspecified atom stereocenters. The number of hydrogen-bond acceptors (Lipinski definition) is 5. The third kappa shape index (κ3) is 3.32. The molecule has 0 aliphatic rings. The van der Waals surface area contributed by atoms with Crippen LogP contribution in [0.4, 0.5) is 10.3 Å². The predicted octanol–water partition coefficient (Wildman–Crippen LogP) is 3.31. The number of rotatable bonds is 5. The summed E-state index contributed by atoms with van der Waals surface area (Å²) in [4.78, 5) is 22.1. The molecule has 134 valence electrons. The highest BCUT2D eigenvalue weighted by atomic mass is 19.1. The molecule has 0 saturated heterocycles. The van der Waals surface area contributed by atoms with E-state index in [0.29, 0.717) is 5.69 Å². The smallest absolute Gasteiger partial charge is 0.395 e. The Labute approximate surface area is 147 Å². The summed E-state index contributed by atoms with van der Waals surface area (Å²) in [6.45, 7) is 3.58. The molecule has 26 heavy (non-hydrogen) atoms. The number of amides is 1. The number of halogens is 1. The van der Waals surface area contributed by atoms with Gasteiger partial charge in [0.25, 0.3) is 5.91 Å². The fourth-order valence-corrected chi connectivity index (χ4v) is 2.58. The van der Waals surface area contributed by atoms with E-state index in [1.54, 1.807) is 29.9 Å². The largest absolute Gasteiger partial charge is 0.433 e. The summed E-state index contributed by atoms with van der Waals surface area (Å²) in [6.07, 6.45) is 1.61. The number of benzene rings is 1. The maximum Gasteiger partial charge on any atom is 0.433 e. The quantitative estimate of drug-likeness (QED) is 0.557. The second-order valence-electron chi connectivity index (χ2n) is 5.66. The summed E-state index contributed by atoms with van der Waals surface area (Å²) in [7, 11) is 0. The fraction of sp³-hybridized carbons (Fsp3) is 0.176. The number of nitrogens with one attached hydrogen (secondary N) is 1. The lowest BCUT2D eigenvalue weighted by molar-refractivity contribution is -0.402. The summed E-state index contributed by atoms with van der Waals surface area (Å²) in [6, 6.07) is 7.83. The Morgan fingerprint density at radius 2 is 2.00 bits per heavy atom. The minimum absolute atomic E-state index is 0.146. The zero-order chi connectivity index (χ0) is 18.8. The lowest BCUT2D eigenvalue weighted by atomic mass is 10.1. The van der Waals surface area contributed by atoms with Crippen LogP contribution in [0, 0.1) is 22.9 Å². The molecule has 0 spiro atoms. The Kier molecular flexibility index (Phi) is 4.53. The predicted molar refractivity (Wildman–Crippen MR) is 89.5 cm³/mol. The molecule has 2 aromatic heterocycles. The van der Waals surface area contributed by atoms with Crippen LogP contribution in [0.5, 0.6) is 0 Å². The highest BCUT2D eigenvalue weighted by Crippen LogP contribution is 2.22. The van der Waals surface area contributed by atoms with E-state index in [1.807, 2.05) is 6.92 Å². The summed E-state index contributed by atoms with van der Waals surface area (Å²) in [5.74, 6) is -1.55. The third-order valence-electron chi connectivity index (χ3n) is 3.93. The van der Waals surface area contributed by atoms with Gasteiger partial charge in [0.2, 0.25) is 0 Å². The highest BCUT2D eigenvalue weighted by Gasteiger charge is 2.21. The fourth-order valence-electron chi connectivity index (χ4n) is 2.58. The van der Waals surface area contributed by atoms with Crippen molar-refractivity contribution >= 4 is 11.8 Å². The zero-order valence-electron chi connectivity index (χ0n) is 14.0. The molecular formula is C17H15FN4O4. The van der Waals surface area contributed by atoms with E-state index in [4.69, 9.17) is 4.42 Å². The lowest BCUT2D eigenvalue weighted by Gasteiger charge is -2.13. The van der Waals surface area contributed by atoms with Gasteiger partial charge in [-0.15, -0.1) is 0 Å². The van der Waals surface area contributed by atoms with E-state index in [0.717, 1.165) is 17.3 Å². The molecule has 3 rings (SSSR count). The van der Waals surface area contributed by atoms with Crippen LogP contribution in [0.3, 0.4) is 0 Å². The number of carbonyl (C=O) groups excluding carboxylic acids is 1. The molecule has 3 aromatic rings. The van der Waals surface area contributed by atoms with Crippen molar-refractivity contribution in [2.24, 2.45) is 0 Å². The summed E-state index contributed by atoms with van der Waals surface area (Å²) in [5, 5.41) is 17.6. The minimum atomic E-state index is -0.711. The summed E-state index contributed by atoms with van der Waals surface area (Å²) >= 11 is 0. The Morgan fingerprint density at radius 3 is 2.62 bits per heavy atom. The molecule has 9 heteroatoms. The first-order valence-corrected chi connectivity index (χ1v) is 7.72. The van der Waals surface area contributed by atoms with E-state index in [2.05, 4.69) is 10.4 Å². The summed E-state index contributed by atoms with van der Waals surface area (Å²) < 4.78 is 19.6. The van der Waals surface area contributed by atoms with Gasteiger partial charge in [0.1, 0.15) is 10.7 Å². The molecular weight excluding hydrogens is 343 g/mol. The third-order valence-corrected chi connectivity index (χ3v) is 3.93. The molecule has 0 aliphatic carbocycles. The van der Waals surface area contributed by atoms with Crippen molar-refractivity contribution < 1.29 is 18.5 Å². The monoisotopic (exact) mass is 358 g/mol. The number of furan rings is 1. The first-order chi connectivity index (χ1) is 12.4. The van der Waals surface area contributed by atoms with E-state index in [9.17, 15) is 19.3 Å².